The average Bonchev–Trinajstić information content (AvgIpc) is 2.75. The first-order valence-corrected chi connectivity index (χ1v) is 9.96. The zero-order chi connectivity index (χ0) is 20.4. The first-order valence-electron chi connectivity index (χ1n) is 9.96. The molecule has 0 spiro atoms. The van der Waals surface area contributed by atoms with E-state index in [2.05, 4.69) is 29.7 Å². The quantitative estimate of drug-likeness (QED) is 0.784. The van der Waals surface area contributed by atoms with Crippen molar-refractivity contribution >= 4 is 23.1 Å². The number of hydrazone groups is 1. The molecule has 0 saturated heterocycles. The number of carbonyl (C=O) groups excluding carboxylic acids is 1. The van der Waals surface area contributed by atoms with Gasteiger partial charge in [0.15, 0.2) is 5.84 Å². The SMILES string of the molecule is CCC(C)Nc1cc2c(cc1OCc1ccccc1)OCC1=NNC(=O)C(C)N12. The summed E-state index contributed by atoms with van der Waals surface area (Å²) in [5.74, 6) is 1.96. The van der Waals surface area contributed by atoms with E-state index in [1.165, 1.54) is 0 Å². The molecule has 2 aromatic rings. The molecule has 2 atom stereocenters. The van der Waals surface area contributed by atoms with Gasteiger partial charge in [0.2, 0.25) is 0 Å². The first-order chi connectivity index (χ1) is 14.1. The molecule has 2 heterocycles. The Morgan fingerprint density at radius 3 is 2.90 bits per heavy atom. The van der Waals surface area contributed by atoms with Crippen LogP contribution in [0.25, 0.3) is 0 Å². The summed E-state index contributed by atoms with van der Waals surface area (Å²) in [4.78, 5) is 14.1. The predicted octanol–water partition coefficient (Wildman–Crippen LogP) is 3.51. The molecule has 152 valence electrons. The molecule has 7 heteroatoms. The van der Waals surface area contributed by atoms with Crippen LogP contribution in [0.3, 0.4) is 0 Å². The second-order valence-corrected chi connectivity index (χ2v) is 7.38. The van der Waals surface area contributed by atoms with Gasteiger partial charge in [-0.05, 0) is 31.9 Å². The molecule has 29 heavy (non-hydrogen) atoms. The molecule has 0 saturated carbocycles. The van der Waals surface area contributed by atoms with Gasteiger partial charge in [0.05, 0.1) is 11.4 Å². The van der Waals surface area contributed by atoms with Crippen LogP contribution in [-0.4, -0.2) is 30.4 Å². The Kier molecular flexibility index (Phi) is 5.29. The summed E-state index contributed by atoms with van der Waals surface area (Å²) >= 11 is 0. The lowest BCUT2D eigenvalue weighted by Crippen LogP contribution is -2.55. The highest BCUT2D eigenvalue weighted by molar-refractivity contribution is 6.09. The average molecular weight is 394 g/mol. The predicted molar refractivity (Wildman–Crippen MR) is 114 cm³/mol. The van der Waals surface area contributed by atoms with Crippen LogP contribution in [0, 0.1) is 0 Å². The molecule has 1 amide bonds. The molecule has 0 radical (unpaired) electrons. The van der Waals surface area contributed by atoms with Gasteiger partial charge in [0.25, 0.3) is 5.91 Å². The van der Waals surface area contributed by atoms with E-state index >= 15 is 0 Å². The Morgan fingerprint density at radius 1 is 1.34 bits per heavy atom. The van der Waals surface area contributed by atoms with Crippen molar-refractivity contribution in [2.45, 2.75) is 45.9 Å². The van der Waals surface area contributed by atoms with E-state index in [-0.39, 0.29) is 18.0 Å². The number of ether oxygens (including phenoxy) is 2. The maximum atomic E-state index is 12.2. The van der Waals surface area contributed by atoms with Crippen molar-refractivity contribution in [3.05, 3.63) is 48.0 Å². The van der Waals surface area contributed by atoms with E-state index in [4.69, 9.17) is 9.47 Å². The van der Waals surface area contributed by atoms with E-state index in [9.17, 15) is 4.79 Å². The van der Waals surface area contributed by atoms with Crippen molar-refractivity contribution in [2.75, 3.05) is 16.8 Å². The topological polar surface area (TPSA) is 75.2 Å². The zero-order valence-corrected chi connectivity index (χ0v) is 16.9. The number of amidine groups is 1. The zero-order valence-electron chi connectivity index (χ0n) is 16.9. The molecule has 0 bridgehead atoms. The van der Waals surface area contributed by atoms with Gasteiger partial charge in [-0.2, -0.15) is 5.10 Å². The van der Waals surface area contributed by atoms with Crippen LogP contribution >= 0.6 is 0 Å². The number of anilines is 2. The minimum atomic E-state index is -0.363. The molecule has 2 aliphatic rings. The summed E-state index contributed by atoms with van der Waals surface area (Å²) in [5, 5.41) is 7.67. The summed E-state index contributed by atoms with van der Waals surface area (Å²) in [6.07, 6.45) is 0.973. The van der Waals surface area contributed by atoms with Crippen molar-refractivity contribution < 1.29 is 14.3 Å². The maximum Gasteiger partial charge on any atom is 0.262 e. The normalized spacial score (nSPS) is 18.6. The van der Waals surface area contributed by atoms with Crippen LogP contribution in [0.2, 0.25) is 0 Å². The van der Waals surface area contributed by atoms with Crippen LogP contribution in [0.4, 0.5) is 11.4 Å². The summed E-state index contributed by atoms with van der Waals surface area (Å²) in [7, 11) is 0. The Balaban J connectivity index is 1.69. The minimum Gasteiger partial charge on any atom is -0.487 e. The van der Waals surface area contributed by atoms with Gasteiger partial charge in [-0.1, -0.05) is 37.3 Å². The smallest absolute Gasteiger partial charge is 0.262 e. The second kappa shape index (κ2) is 8.03. The van der Waals surface area contributed by atoms with Crippen LogP contribution in [0.15, 0.2) is 47.6 Å². The number of nitrogens with one attached hydrogen (secondary N) is 2. The maximum absolute atomic E-state index is 12.2. The first kappa shape index (κ1) is 19.1. The van der Waals surface area contributed by atoms with Crippen LogP contribution in [0.5, 0.6) is 11.5 Å². The summed E-state index contributed by atoms with van der Waals surface area (Å²) < 4.78 is 12.1. The molecule has 4 rings (SSSR count). The number of carbonyl (C=O) groups is 1. The monoisotopic (exact) mass is 394 g/mol. The van der Waals surface area contributed by atoms with Gasteiger partial charge in [0.1, 0.15) is 30.8 Å². The van der Waals surface area contributed by atoms with Gasteiger partial charge in [-0.25, -0.2) is 5.43 Å². The largest absolute Gasteiger partial charge is 0.487 e. The fourth-order valence-electron chi connectivity index (χ4n) is 3.39. The van der Waals surface area contributed by atoms with Crippen LogP contribution in [-0.2, 0) is 11.4 Å². The van der Waals surface area contributed by atoms with Gasteiger partial charge in [-0.3, -0.25) is 4.79 Å². The number of rotatable bonds is 6. The molecule has 2 N–H and O–H groups in total. The third-order valence-corrected chi connectivity index (χ3v) is 5.27. The standard InChI is InChI=1S/C22H26N4O3/c1-4-14(2)23-17-10-18-20(11-19(17)28-12-16-8-6-5-7-9-16)29-13-21-24-25-22(27)15(3)26(18)21/h5-11,14-15,23H,4,12-13H2,1-3H3,(H,25,27). The summed E-state index contributed by atoms with van der Waals surface area (Å²) in [6.45, 7) is 6.88. The molecule has 0 aromatic heterocycles. The summed E-state index contributed by atoms with van der Waals surface area (Å²) in [6, 6.07) is 13.9. The lowest BCUT2D eigenvalue weighted by molar-refractivity contribution is -0.122. The number of amides is 1. The molecule has 2 unspecified atom stereocenters. The second-order valence-electron chi connectivity index (χ2n) is 7.38. The van der Waals surface area contributed by atoms with E-state index < -0.39 is 0 Å². The minimum absolute atomic E-state index is 0.137. The van der Waals surface area contributed by atoms with Gasteiger partial charge in [-0.15, -0.1) is 0 Å². The summed E-state index contributed by atoms with van der Waals surface area (Å²) in [5.41, 5.74) is 5.34. The Morgan fingerprint density at radius 2 is 2.14 bits per heavy atom. The fraction of sp³-hybridized carbons (Fsp3) is 0.364. The molecule has 0 fully saturated rings. The van der Waals surface area contributed by atoms with Gasteiger partial charge >= 0.3 is 0 Å². The lowest BCUT2D eigenvalue weighted by Gasteiger charge is -2.38. The number of hydrogen-bond donors (Lipinski definition) is 2. The third-order valence-electron chi connectivity index (χ3n) is 5.27. The van der Waals surface area contributed by atoms with E-state index in [0.717, 1.165) is 29.1 Å². The highest BCUT2D eigenvalue weighted by atomic mass is 16.5. The third kappa shape index (κ3) is 3.85. The lowest BCUT2D eigenvalue weighted by atomic mass is 10.1. The van der Waals surface area contributed by atoms with Crippen LogP contribution in [0.1, 0.15) is 32.8 Å². The van der Waals surface area contributed by atoms with Crippen molar-refractivity contribution in [2.24, 2.45) is 5.10 Å². The van der Waals surface area contributed by atoms with Gasteiger partial charge < -0.3 is 19.7 Å². The van der Waals surface area contributed by atoms with Crippen molar-refractivity contribution in [3.8, 4) is 11.5 Å². The molecule has 0 aliphatic carbocycles. The number of fused-ring (bicyclic) bond motifs is 3. The molecule has 7 nitrogen and oxygen atoms in total. The number of hydrogen-bond acceptors (Lipinski definition) is 6. The van der Waals surface area contributed by atoms with E-state index in [1.54, 1.807) is 0 Å². The Bertz CT molecular complexity index is 929. The highest BCUT2D eigenvalue weighted by Gasteiger charge is 2.36. The van der Waals surface area contributed by atoms with E-state index in [1.807, 2.05) is 54.3 Å². The van der Waals surface area contributed by atoms with E-state index in [0.29, 0.717) is 24.8 Å². The highest BCUT2D eigenvalue weighted by Crippen LogP contribution is 2.42. The van der Waals surface area contributed by atoms with Crippen molar-refractivity contribution in [1.29, 1.82) is 0 Å². The number of nitrogens with zero attached hydrogens (tertiary/aromatic N) is 2. The molecular weight excluding hydrogens is 368 g/mol. The number of benzene rings is 2. The molecular formula is C22H26N4O3. The van der Waals surface area contributed by atoms with Gasteiger partial charge in [0, 0.05) is 12.1 Å². The Hall–Kier alpha value is -3.22. The van der Waals surface area contributed by atoms with Crippen LogP contribution < -0.4 is 25.1 Å². The molecule has 2 aromatic carbocycles. The molecule has 2 aliphatic heterocycles. The Labute approximate surface area is 170 Å². The van der Waals surface area contributed by atoms with Crippen molar-refractivity contribution in [3.63, 3.8) is 0 Å². The fourth-order valence-corrected chi connectivity index (χ4v) is 3.39. The van der Waals surface area contributed by atoms with Crippen molar-refractivity contribution in [1.82, 2.24) is 5.43 Å².